The number of benzene rings is 2. The van der Waals surface area contributed by atoms with Gasteiger partial charge >= 0.3 is 0 Å². The predicted octanol–water partition coefficient (Wildman–Crippen LogP) is 3.15. The minimum absolute atomic E-state index is 0.135. The van der Waals surface area contributed by atoms with Crippen molar-refractivity contribution in [3.63, 3.8) is 0 Å². The molecule has 2 aromatic rings. The molecule has 8 heteroatoms. The molecule has 0 saturated carbocycles. The van der Waals surface area contributed by atoms with Gasteiger partial charge in [0.25, 0.3) is 5.91 Å². The van der Waals surface area contributed by atoms with Crippen molar-refractivity contribution < 1.29 is 13.2 Å². The van der Waals surface area contributed by atoms with Gasteiger partial charge in [-0.2, -0.15) is 4.31 Å². The predicted molar refractivity (Wildman–Crippen MR) is 112 cm³/mol. The number of hydrogen-bond donors (Lipinski definition) is 1. The second-order valence-corrected chi connectivity index (χ2v) is 9.47. The van der Waals surface area contributed by atoms with Gasteiger partial charge in [-0.3, -0.25) is 4.79 Å². The maximum Gasteiger partial charge on any atom is 0.255 e. The van der Waals surface area contributed by atoms with Gasteiger partial charge in [0.05, 0.1) is 4.90 Å². The average Bonchev–Trinajstić information content (AvgIpc) is 2.65. The van der Waals surface area contributed by atoms with E-state index in [4.69, 9.17) is 11.6 Å². The summed E-state index contributed by atoms with van der Waals surface area (Å²) in [5, 5.41) is 3.35. The molecular weight excluding hydrogens is 398 g/mol. The minimum atomic E-state index is -3.64. The lowest BCUT2D eigenvalue weighted by Gasteiger charge is -2.31. The molecule has 1 amide bonds. The molecule has 1 N–H and O–H groups in total. The van der Waals surface area contributed by atoms with Crippen LogP contribution in [0.25, 0.3) is 0 Å². The highest BCUT2D eigenvalue weighted by Crippen LogP contribution is 2.24. The van der Waals surface area contributed by atoms with Gasteiger partial charge in [0.1, 0.15) is 0 Å². The standard InChI is InChI=1S/C20H24ClN3O3S/c1-14-5-7-17(28(26,27)24-10-8-23(3)9-11-24)13-18(14)20(25)22-19-12-16(21)6-4-15(19)2/h4-7,12-13H,8-11H2,1-3H3,(H,22,25). The van der Waals surface area contributed by atoms with Crippen molar-refractivity contribution in [1.82, 2.24) is 9.21 Å². The molecule has 28 heavy (non-hydrogen) atoms. The Balaban J connectivity index is 1.89. The van der Waals surface area contributed by atoms with E-state index in [1.165, 1.54) is 10.4 Å². The zero-order chi connectivity index (χ0) is 20.5. The molecule has 2 aromatic carbocycles. The maximum absolute atomic E-state index is 13.0. The van der Waals surface area contributed by atoms with E-state index in [1.54, 1.807) is 31.2 Å². The van der Waals surface area contributed by atoms with Gasteiger partial charge in [-0.25, -0.2) is 8.42 Å². The number of nitrogens with zero attached hydrogens (tertiary/aromatic N) is 2. The number of carbonyl (C=O) groups excluding carboxylic acids is 1. The second kappa shape index (κ2) is 8.21. The van der Waals surface area contributed by atoms with Crippen LogP contribution in [0.3, 0.4) is 0 Å². The van der Waals surface area contributed by atoms with Crippen molar-refractivity contribution in [2.75, 3.05) is 38.5 Å². The first-order valence-electron chi connectivity index (χ1n) is 9.05. The van der Waals surface area contributed by atoms with Crippen LogP contribution in [0, 0.1) is 13.8 Å². The van der Waals surface area contributed by atoms with Crippen molar-refractivity contribution in [1.29, 1.82) is 0 Å². The van der Waals surface area contributed by atoms with Crippen LogP contribution in [0.5, 0.6) is 0 Å². The number of piperazine rings is 1. The summed E-state index contributed by atoms with van der Waals surface area (Å²) >= 11 is 6.02. The fourth-order valence-electron chi connectivity index (χ4n) is 3.10. The van der Waals surface area contributed by atoms with Crippen LogP contribution in [-0.4, -0.2) is 56.8 Å². The molecule has 0 atom stereocenters. The number of nitrogens with one attached hydrogen (secondary N) is 1. The molecule has 0 spiro atoms. The largest absolute Gasteiger partial charge is 0.322 e. The van der Waals surface area contributed by atoms with Crippen molar-refractivity contribution in [3.8, 4) is 0 Å². The minimum Gasteiger partial charge on any atom is -0.322 e. The molecule has 6 nitrogen and oxygen atoms in total. The maximum atomic E-state index is 13.0. The van der Waals surface area contributed by atoms with E-state index in [0.717, 1.165) is 5.56 Å². The number of carbonyl (C=O) groups is 1. The van der Waals surface area contributed by atoms with Gasteiger partial charge < -0.3 is 10.2 Å². The van der Waals surface area contributed by atoms with Gasteiger partial charge in [-0.1, -0.05) is 23.7 Å². The monoisotopic (exact) mass is 421 g/mol. The molecule has 1 aliphatic heterocycles. The number of likely N-dealkylation sites (N-methyl/N-ethyl adjacent to an activating group) is 1. The summed E-state index contributed by atoms with van der Waals surface area (Å²) in [6.45, 7) is 5.91. The number of halogens is 1. The number of aryl methyl sites for hydroxylation is 2. The van der Waals surface area contributed by atoms with E-state index in [9.17, 15) is 13.2 Å². The van der Waals surface area contributed by atoms with Gasteiger partial charge in [0.2, 0.25) is 10.0 Å². The summed E-state index contributed by atoms with van der Waals surface area (Å²) in [6, 6.07) is 9.93. The summed E-state index contributed by atoms with van der Waals surface area (Å²) < 4.78 is 27.5. The molecule has 1 aliphatic rings. The van der Waals surface area contributed by atoms with Gasteiger partial charge in [-0.15, -0.1) is 0 Å². The van der Waals surface area contributed by atoms with Crippen LogP contribution >= 0.6 is 11.6 Å². The van der Waals surface area contributed by atoms with Crippen LogP contribution in [0.2, 0.25) is 5.02 Å². The summed E-state index contributed by atoms with van der Waals surface area (Å²) in [6.07, 6.45) is 0. The zero-order valence-electron chi connectivity index (χ0n) is 16.2. The summed E-state index contributed by atoms with van der Waals surface area (Å²) in [4.78, 5) is 15.1. The smallest absolute Gasteiger partial charge is 0.255 e. The summed E-state index contributed by atoms with van der Waals surface area (Å²) in [5.41, 5.74) is 2.50. The Hall–Kier alpha value is -1.93. The Labute approximate surface area is 171 Å². The molecule has 0 aromatic heterocycles. The molecule has 1 saturated heterocycles. The second-order valence-electron chi connectivity index (χ2n) is 7.10. The highest BCUT2D eigenvalue weighted by atomic mass is 35.5. The molecule has 150 valence electrons. The average molecular weight is 422 g/mol. The third kappa shape index (κ3) is 4.38. The quantitative estimate of drug-likeness (QED) is 0.823. The van der Waals surface area contributed by atoms with Crippen LogP contribution in [-0.2, 0) is 10.0 Å². The molecule has 0 aliphatic carbocycles. The van der Waals surface area contributed by atoms with Gasteiger partial charge in [0.15, 0.2) is 0 Å². The van der Waals surface area contributed by atoms with E-state index >= 15 is 0 Å². The Kier molecular flexibility index (Phi) is 6.09. The third-order valence-corrected chi connectivity index (χ3v) is 7.13. The Morgan fingerprint density at radius 2 is 1.64 bits per heavy atom. The van der Waals surface area contributed by atoms with Crippen molar-refractivity contribution >= 4 is 33.2 Å². The lowest BCUT2D eigenvalue weighted by molar-refractivity contribution is 0.102. The Morgan fingerprint density at radius 3 is 2.32 bits per heavy atom. The fraction of sp³-hybridized carbons (Fsp3) is 0.350. The van der Waals surface area contributed by atoms with Crippen LogP contribution in [0.1, 0.15) is 21.5 Å². The van der Waals surface area contributed by atoms with Gasteiger partial charge in [0, 0.05) is 42.5 Å². The summed E-state index contributed by atoms with van der Waals surface area (Å²) in [7, 11) is -1.67. The highest BCUT2D eigenvalue weighted by molar-refractivity contribution is 7.89. The lowest BCUT2D eigenvalue weighted by atomic mass is 10.1. The van der Waals surface area contributed by atoms with Crippen LogP contribution < -0.4 is 5.32 Å². The SMILES string of the molecule is Cc1ccc(Cl)cc1NC(=O)c1cc(S(=O)(=O)N2CCN(C)CC2)ccc1C. The Morgan fingerprint density at radius 1 is 1.00 bits per heavy atom. The van der Waals surface area contributed by atoms with E-state index in [-0.39, 0.29) is 10.8 Å². The molecule has 0 unspecified atom stereocenters. The topological polar surface area (TPSA) is 69.7 Å². The first kappa shape index (κ1) is 20.8. The van der Waals surface area contributed by atoms with E-state index in [2.05, 4.69) is 10.2 Å². The highest BCUT2D eigenvalue weighted by Gasteiger charge is 2.28. The van der Waals surface area contributed by atoms with E-state index in [0.29, 0.717) is 48.0 Å². The fourth-order valence-corrected chi connectivity index (χ4v) is 4.72. The van der Waals surface area contributed by atoms with E-state index < -0.39 is 10.0 Å². The summed E-state index contributed by atoms with van der Waals surface area (Å²) in [5.74, 6) is -0.363. The van der Waals surface area contributed by atoms with Crippen molar-refractivity contribution in [3.05, 3.63) is 58.1 Å². The number of sulfonamides is 1. The number of hydrogen-bond acceptors (Lipinski definition) is 4. The van der Waals surface area contributed by atoms with Crippen LogP contribution in [0.15, 0.2) is 41.3 Å². The first-order chi connectivity index (χ1) is 13.2. The zero-order valence-corrected chi connectivity index (χ0v) is 17.8. The van der Waals surface area contributed by atoms with Crippen molar-refractivity contribution in [2.45, 2.75) is 18.7 Å². The van der Waals surface area contributed by atoms with Crippen molar-refractivity contribution in [2.24, 2.45) is 0 Å². The molecule has 0 radical (unpaired) electrons. The Bertz CT molecular complexity index is 1000. The first-order valence-corrected chi connectivity index (χ1v) is 10.9. The van der Waals surface area contributed by atoms with E-state index in [1.807, 2.05) is 20.0 Å². The molecule has 0 bridgehead atoms. The molecule has 1 fully saturated rings. The normalized spacial score (nSPS) is 16.1. The lowest BCUT2D eigenvalue weighted by Crippen LogP contribution is -2.47. The van der Waals surface area contributed by atoms with Gasteiger partial charge in [-0.05, 0) is 56.3 Å². The molecule has 3 rings (SSSR count). The number of anilines is 1. The number of rotatable bonds is 4. The third-order valence-electron chi connectivity index (χ3n) is 5.00. The number of amides is 1. The molecular formula is C20H24ClN3O3S. The van der Waals surface area contributed by atoms with Crippen LogP contribution in [0.4, 0.5) is 5.69 Å². The molecule has 1 heterocycles.